The van der Waals surface area contributed by atoms with Gasteiger partial charge in [-0.25, -0.2) is 4.79 Å². The van der Waals surface area contributed by atoms with Gasteiger partial charge in [0, 0.05) is 18.0 Å². The van der Waals surface area contributed by atoms with Crippen molar-refractivity contribution in [3.63, 3.8) is 0 Å². The monoisotopic (exact) mass is 749 g/mol. The molecule has 4 saturated carbocycles. The Morgan fingerprint density at radius 1 is 0.855 bits per heavy atom. The van der Waals surface area contributed by atoms with Crippen molar-refractivity contribution in [2.24, 2.45) is 51.2 Å². The lowest BCUT2D eigenvalue weighted by atomic mass is 9.33. The van der Waals surface area contributed by atoms with Crippen LogP contribution < -0.4 is 5.32 Å². The highest BCUT2D eigenvalue weighted by atomic mass is 16.4. The summed E-state index contributed by atoms with van der Waals surface area (Å²) in [5.41, 5.74) is 3.49. The van der Waals surface area contributed by atoms with Crippen LogP contribution in [0.25, 0.3) is 5.57 Å². The second-order valence-corrected chi connectivity index (χ2v) is 18.2. The number of terminal acetylenes is 3. The standard InChI is InChI=1S/C40H56N2O4.C3H6.3C2H2/c1-25-17-23-42(34(25)44)24-33(43)41-40-18-7-8-30(40)29-13-14-32-37(4)19-15-28(26-9-11-27(12-10-26)35(45)46)36(2,3)31(37)16-20-39(32,6)38(29,5)21-22-40;1-3-2;3*1-2/h9-12,15,25,29-32H,7-8,13-14,16-24H2,1-6H3,(H,41,43)(H,45,46);3H,1H2,2H3;3*1-2H/t25-,29+,30?,31?,32?,37-,38+,39+,40-;;;;/m0..../s1. The van der Waals surface area contributed by atoms with E-state index in [1.807, 2.05) is 26.0 Å². The third kappa shape index (κ3) is 7.67. The van der Waals surface area contributed by atoms with Gasteiger partial charge in [0.1, 0.15) is 0 Å². The first-order valence-corrected chi connectivity index (χ1v) is 20.3. The first-order valence-electron chi connectivity index (χ1n) is 20.3. The van der Waals surface area contributed by atoms with Gasteiger partial charge < -0.3 is 15.3 Å². The van der Waals surface area contributed by atoms with Crippen LogP contribution in [0.2, 0.25) is 0 Å². The number of fused-ring (bicyclic) bond motifs is 7. The second kappa shape index (κ2) is 17.7. The van der Waals surface area contributed by atoms with Gasteiger partial charge in [-0.15, -0.1) is 45.1 Å². The Bertz CT molecular complexity index is 1630. The topological polar surface area (TPSA) is 86.7 Å². The zero-order valence-electron chi connectivity index (χ0n) is 34.8. The summed E-state index contributed by atoms with van der Waals surface area (Å²) < 4.78 is 0. The molecule has 298 valence electrons. The number of likely N-dealkylation sites (tertiary alicyclic amines) is 1. The van der Waals surface area contributed by atoms with Crippen LogP contribution in [0.1, 0.15) is 135 Å². The summed E-state index contributed by atoms with van der Waals surface area (Å²) in [6.45, 7) is 20.9. The van der Waals surface area contributed by atoms with Crippen molar-refractivity contribution >= 4 is 23.4 Å². The van der Waals surface area contributed by atoms with Crippen molar-refractivity contribution in [1.82, 2.24) is 10.2 Å². The van der Waals surface area contributed by atoms with E-state index in [-0.39, 0.29) is 51.5 Å². The average Bonchev–Trinajstić information content (AvgIpc) is 3.73. The highest BCUT2D eigenvalue weighted by Crippen LogP contribution is 2.76. The van der Waals surface area contributed by atoms with Crippen LogP contribution in [0.4, 0.5) is 0 Å². The molecule has 0 aromatic heterocycles. The van der Waals surface area contributed by atoms with Gasteiger partial charge in [-0.3, -0.25) is 9.59 Å². The van der Waals surface area contributed by atoms with E-state index < -0.39 is 5.97 Å². The van der Waals surface area contributed by atoms with E-state index in [4.69, 9.17) is 0 Å². The zero-order valence-corrected chi connectivity index (χ0v) is 34.8. The quantitative estimate of drug-likeness (QED) is 0.232. The van der Waals surface area contributed by atoms with Crippen LogP contribution in [0.15, 0.2) is 43.0 Å². The molecule has 1 heterocycles. The van der Waals surface area contributed by atoms with Crippen molar-refractivity contribution in [2.75, 3.05) is 13.1 Å². The molecule has 1 aliphatic heterocycles. The average molecular weight is 749 g/mol. The predicted molar refractivity (Wildman–Crippen MR) is 226 cm³/mol. The molecule has 1 aromatic carbocycles. The molecule has 55 heavy (non-hydrogen) atoms. The van der Waals surface area contributed by atoms with E-state index in [2.05, 4.69) is 91.1 Å². The van der Waals surface area contributed by atoms with E-state index in [9.17, 15) is 19.5 Å². The number of carboxylic acids is 1. The van der Waals surface area contributed by atoms with Crippen molar-refractivity contribution in [1.29, 1.82) is 0 Å². The van der Waals surface area contributed by atoms with Gasteiger partial charge in [0.25, 0.3) is 0 Å². The maximum absolute atomic E-state index is 13.5. The third-order valence-electron chi connectivity index (χ3n) is 15.7. The SMILES string of the molecule is C#C.C#C.C#C.C=CC.C[C@H]1CCN(CC(=O)N[C@]23CCCC2[C@H]2CCC4[C@@]5(C)CC=C(c6ccc(C(=O)O)cc6)C(C)(C)C5CC[C@@]4(C)[C@]2(C)CC3)C1=O. The largest absolute Gasteiger partial charge is 0.478 e. The van der Waals surface area contributed by atoms with Crippen LogP contribution in [-0.2, 0) is 9.59 Å². The summed E-state index contributed by atoms with van der Waals surface area (Å²) in [4.78, 5) is 39.3. The molecule has 2 amide bonds. The minimum atomic E-state index is -0.875. The number of benzene rings is 1. The number of aromatic carboxylic acids is 1. The number of carbonyl (C=O) groups excluding carboxylic acids is 2. The first kappa shape index (κ1) is 45.2. The van der Waals surface area contributed by atoms with Gasteiger partial charge in [-0.2, -0.15) is 0 Å². The molecule has 5 fully saturated rings. The minimum Gasteiger partial charge on any atom is -0.478 e. The molecule has 5 aliphatic carbocycles. The summed E-state index contributed by atoms with van der Waals surface area (Å²) in [6, 6.07) is 7.53. The first-order chi connectivity index (χ1) is 26.1. The molecule has 1 saturated heterocycles. The molecule has 6 aliphatic rings. The van der Waals surface area contributed by atoms with Gasteiger partial charge in [0.2, 0.25) is 11.8 Å². The Hall–Kier alpha value is -4.21. The number of hydrogen-bond acceptors (Lipinski definition) is 3. The van der Waals surface area contributed by atoms with E-state index >= 15 is 0 Å². The van der Waals surface area contributed by atoms with Crippen molar-refractivity contribution in [3.8, 4) is 38.5 Å². The van der Waals surface area contributed by atoms with Gasteiger partial charge in [-0.05, 0) is 140 Å². The van der Waals surface area contributed by atoms with Crippen molar-refractivity contribution in [3.05, 3.63) is 54.1 Å². The highest BCUT2D eigenvalue weighted by Gasteiger charge is 2.69. The van der Waals surface area contributed by atoms with E-state index in [1.165, 1.54) is 50.5 Å². The third-order valence-corrected chi connectivity index (χ3v) is 15.7. The van der Waals surface area contributed by atoms with Gasteiger partial charge in [0.15, 0.2) is 0 Å². The molecule has 6 heteroatoms. The maximum atomic E-state index is 13.5. The zero-order chi connectivity index (χ0) is 41.6. The van der Waals surface area contributed by atoms with E-state index in [0.29, 0.717) is 35.8 Å². The minimum absolute atomic E-state index is 0.00277. The summed E-state index contributed by atoms with van der Waals surface area (Å²) in [5.74, 6) is 1.71. The fraction of sp³-hybridized carbons (Fsp3) is 0.612. The number of hydrogen-bond donors (Lipinski definition) is 2. The summed E-state index contributed by atoms with van der Waals surface area (Å²) >= 11 is 0. The van der Waals surface area contributed by atoms with Gasteiger partial charge in [-0.1, -0.05) is 72.2 Å². The van der Waals surface area contributed by atoms with E-state index in [0.717, 1.165) is 31.2 Å². The molecule has 0 spiro atoms. The number of rotatable bonds is 5. The van der Waals surface area contributed by atoms with Crippen molar-refractivity contribution < 1.29 is 19.5 Å². The van der Waals surface area contributed by atoms with Gasteiger partial charge in [0.05, 0.1) is 12.1 Å². The molecule has 1 aromatic rings. The van der Waals surface area contributed by atoms with E-state index in [1.54, 1.807) is 23.1 Å². The number of nitrogens with one attached hydrogen (secondary N) is 1. The fourth-order valence-corrected chi connectivity index (χ4v) is 13.2. The Morgan fingerprint density at radius 2 is 1.47 bits per heavy atom. The second-order valence-electron chi connectivity index (χ2n) is 18.2. The molecule has 3 unspecified atom stereocenters. The molecule has 7 rings (SSSR count). The lowest BCUT2D eigenvalue weighted by molar-refractivity contribution is -0.217. The molecule has 2 N–H and O–H groups in total. The Labute approximate surface area is 333 Å². The van der Waals surface area contributed by atoms with Crippen LogP contribution >= 0.6 is 0 Å². The Kier molecular flexibility index (Phi) is 14.6. The van der Waals surface area contributed by atoms with Crippen molar-refractivity contribution in [2.45, 2.75) is 125 Å². The lowest BCUT2D eigenvalue weighted by Gasteiger charge is -2.72. The number of allylic oxidation sites excluding steroid dienone is 3. The van der Waals surface area contributed by atoms with Crippen LogP contribution in [0.5, 0.6) is 0 Å². The summed E-state index contributed by atoms with van der Waals surface area (Å²) in [5, 5.41) is 13.1. The molecular formula is C49H68N2O4. The molecule has 6 nitrogen and oxygen atoms in total. The number of carboxylic acid groups (broad SMARTS) is 1. The number of amides is 2. The molecule has 0 bridgehead atoms. The highest BCUT2D eigenvalue weighted by molar-refractivity contribution is 5.88. The number of nitrogens with zero attached hydrogens (tertiary/aromatic N) is 1. The van der Waals surface area contributed by atoms with Crippen LogP contribution in [-0.4, -0.2) is 46.4 Å². The summed E-state index contributed by atoms with van der Waals surface area (Å²) in [6.07, 6.45) is 40.9. The Balaban J connectivity index is 0.000000837. The lowest BCUT2D eigenvalue weighted by Crippen LogP contribution is -2.68. The molecule has 0 radical (unpaired) electrons. The summed E-state index contributed by atoms with van der Waals surface area (Å²) in [7, 11) is 0. The fourth-order valence-electron chi connectivity index (χ4n) is 13.2. The van der Waals surface area contributed by atoms with Crippen LogP contribution in [0, 0.1) is 89.8 Å². The predicted octanol–water partition coefficient (Wildman–Crippen LogP) is 9.91. The molecule has 9 atom stereocenters. The maximum Gasteiger partial charge on any atom is 0.335 e. The normalized spacial score (nSPS) is 36.1. The molecular weight excluding hydrogens is 681 g/mol. The van der Waals surface area contributed by atoms with Crippen LogP contribution in [0.3, 0.4) is 0 Å². The smallest absolute Gasteiger partial charge is 0.335 e. The number of carbonyl (C=O) groups is 3. The Morgan fingerprint density at radius 3 is 2.04 bits per heavy atom. The van der Waals surface area contributed by atoms with Gasteiger partial charge >= 0.3 is 5.97 Å².